The topological polar surface area (TPSA) is 327 Å². The number of amides is 7. The molecular formula is C43H59N13O7. The van der Waals surface area contributed by atoms with E-state index in [0.29, 0.717) is 11.3 Å². The van der Waals surface area contributed by atoms with Crippen molar-refractivity contribution in [3.63, 3.8) is 0 Å². The maximum absolute atomic E-state index is 14.3. The number of carbonyl (C=O) groups is 7. The molecule has 7 amide bonds. The molecule has 6 atom stereocenters. The van der Waals surface area contributed by atoms with Crippen molar-refractivity contribution >= 4 is 58.2 Å². The number of aliphatic imine (C=N–C) groups is 1. The summed E-state index contributed by atoms with van der Waals surface area (Å²) < 4.78 is 0. The average Bonchev–Trinajstić information content (AvgIpc) is 3.90. The Morgan fingerprint density at radius 1 is 0.667 bits per heavy atom. The number of para-hydroxylation sites is 1. The van der Waals surface area contributed by atoms with E-state index in [1.165, 1.54) is 26.4 Å². The van der Waals surface area contributed by atoms with Crippen LogP contribution in [0, 0.1) is 5.92 Å². The van der Waals surface area contributed by atoms with E-state index in [1.54, 1.807) is 30.5 Å². The Hall–Kier alpha value is -7.25. The van der Waals surface area contributed by atoms with E-state index in [-0.39, 0.29) is 56.9 Å². The number of nitrogens with zero attached hydrogens (tertiary/aromatic N) is 2. The van der Waals surface area contributed by atoms with Crippen LogP contribution in [0.25, 0.3) is 10.9 Å². The number of guanidine groups is 1. The highest BCUT2D eigenvalue weighted by Crippen LogP contribution is 2.20. The third kappa shape index (κ3) is 15.6. The zero-order chi connectivity index (χ0) is 46.1. The van der Waals surface area contributed by atoms with Crippen LogP contribution in [0.2, 0.25) is 0 Å². The van der Waals surface area contributed by atoms with Gasteiger partial charge in [-0.1, -0.05) is 62.4 Å². The maximum atomic E-state index is 14.3. The zero-order valence-electron chi connectivity index (χ0n) is 35.9. The summed E-state index contributed by atoms with van der Waals surface area (Å²) in [4.78, 5) is 108. The van der Waals surface area contributed by atoms with E-state index < -0.39 is 77.6 Å². The lowest BCUT2D eigenvalue weighted by Gasteiger charge is -2.27. The van der Waals surface area contributed by atoms with Crippen LogP contribution in [0.15, 0.2) is 78.3 Å². The van der Waals surface area contributed by atoms with Crippen molar-refractivity contribution in [2.75, 3.05) is 6.54 Å². The third-order valence-electron chi connectivity index (χ3n) is 10.0. The molecule has 0 saturated heterocycles. The molecular weight excluding hydrogens is 811 g/mol. The van der Waals surface area contributed by atoms with Gasteiger partial charge in [0.25, 0.3) is 0 Å². The van der Waals surface area contributed by atoms with Gasteiger partial charge in [0.1, 0.15) is 36.3 Å². The number of hydrogen-bond donors (Lipinski definition) is 11. The van der Waals surface area contributed by atoms with E-state index in [0.717, 1.165) is 16.5 Å². The first kappa shape index (κ1) is 48.4. The fraction of sp³-hybridized carbons (Fsp3) is 0.419. The number of hydrogen-bond acceptors (Lipinski definition) is 9. The van der Waals surface area contributed by atoms with Gasteiger partial charge in [-0.2, -0.15) is 0 Å². The molecule has 0 spiro atoms. The molecule has 0 saturated carbocycles. The van der Waals surface area contributed by atoms with Gasteiger partial charge in [-0.05, 0) is 49.3 Å². The first-order chi connectivity index (χ1) is 30.0. The molecule has 0 aliphatic carbocycles. The number of H-pyrrole nitrogens is 2. The lowest BCUT2D eigenvalue weighted by atomic mass is 10.0. The Balaban J connectivity index is 1.55. The highest BCUT2D eigenvalue weighted by molar-refractivity contribution is 5.97. The molecule has 0 bridgehead atoms. The molecule has 338 valence electrons. The van der Waals surface area contributed by atoms with Gasteiger partial charge in [-0.15, -0.1) is 0 Å². The number of aromatic amines is 2. The van der Waals surface area contributed by atoms with Gasteiger partial charge in [-0.25, -0.2) is 4.98 Å². The summed E-state index contributed by atoms with van der Waals surface area (Å²) in [7, 11) is 0. The van der Waals surface area contributed by atoms with E-state index in [1.807, 2.05) is 44.2 Å². The lowest BCUT2D eigenvalue weighted by molar-refractivity contribution is -0.135. The average molecular weight is 870 g/mol. The van der Waals surface area contributed by atoms with Crippen molar-refractivity contribution in [2.24, 2.45) is 28.1 Å². The number of rotatable bonds is 24. The van der Waals surface area contributed by atoms with Crippen LogP contribution in [-0.4, -0.2) is 105 Å². The Morgan fingerprint density at radius 3 is 1.92 bits per heavy atom. The molecule has 0 aliphatic heterocycles. The van der Waals surface area contributed by atoms with Gasteiger partial charge in [-0.3, -0.25) is 38.6 Å². The summed E-state index contributed by atoms with van der Waals surface area (Å²) in [6.07, 6.45) is 5.24. The van der Waals surface area contributed by atoms with E-state index in [2.05, 4.69) is 51.8 Å². The van der Waals surface area contributed by atoms with Crippen molar-refractivity contribution in [3.05, 3.63) is 90.1 Å². The van der Waals surface area contributed by atoms with Gasteiger partial charge in [0, 0.05) is 61.7 Å². The van der Waals surface area contributed by atoms with E-state index >= 15 is 0 Å². The highest BCUT2D eigenvalue weighted by Gasteiger charge is 2.33. The minimum Gasteiger partial charge on any atom is -0.370 e. The molecule has 0 fully saturated rings. The Labute approximate surface area is 365 Å². The zero-order valence-corrected chi connectivity index (χ0v) is 35.9. The second kappa shape index (κ2) is 23.7. The molecule has 20 nitrogen and oxygen atoms in total. The van der Waals surface area contributed by atoms with Crippen molar-refractivity contribution in [1.82, 2.24) is 46.9 Å². The Bertz CT molecular complexity index is 2200. The van der Waals surface area contributed by atoms with Gasteiger partial charge < -0.3 is 59.1 Å². The second-order valence-corrected chi connectivity index (χ2v) is 15.7. The number of imidazole rings is 1. The number of fused-ring (bicyclic) bond motifs is 1. The van der Waals surface area contributed by atoms with E-state index in [4.69, 9.17) is 17.2 Å². The summed E-state index contributed by atoms with van der Waals surface area (Å²) in [5.41, 5.74) is 19.6. The monoisotopic (exact) mass is 869 g/mol. The van der Waals surface area contributed by atoms with Crippen molar-refractivity contribution < 1.29 is 33.6 Å². The molecule has 14 N–H and O–H groups in total. The largest absolute Gasteiger partial charge is 0.370 e. The van der Waals surface area contributed by atoms with E-state index in [9.17, 15) is 33.6 Å². The molecule has 0 unspecified atom stereocenters. The van der Waals surface area contributed by atoms with Gasteiger partial charge in [0.05, 0.1) is 6.33 Å². The summed E-state index contributed by atoms with van der Waals surface area (Å²) in [6.45, 7) is 6.49. The first-order valence-electron chi connectivity index (χ1n) is 20.7. The predicted octanol–water partition coefficient (Wildman–Crippen LogP) is -0.548. The van der Waals surface area contributed by atoms with Crippen LogP contribution in [0.4, 0.5) is 0 Å². The molecule has 0 radical (unpaired) electrons. The number of primary amides is 1. The standard InChI is InChI=1S/C43H59N13O7/c1-24(2)17-34(55-38(59)25(3)51-40(61)36(52-26(4)57)20-29-22-47-23-50-29)41(62)53-32(15-10-16-48-43(45)46)39(60)56-35(19-28-21-49-31-14-9-8-13-30(28)31)42(63)54-33(37(44)58)18-27-11-6-5-7-12-27/h5-9,11-14,21-25,32-36,49H,10,15-20H2,1-4H3,(H2,44,58)(H,47,50)(H,51,61)(H,52,57)(H,53,62)(H,54,63)(H,55,59)(H,56,60)(H4,45,46,48)/t25-,32-,33-,34-,35-,36-/m0/s1. The summed E-state index contributed by atoms with van der Waals surface area (Å²) in [5, 5.41) is 16.9. The minimum absolute atomic E-state index is 0.00655. The lowest BCUT2D eigenvalue weighted by Crippen LogP contribution is -2.60. The summed E-state index contributed by atoms with van der Waals surface area (Å²) in [5.74, 6) is -4.98. The fourth-order valence-electron chi connectivity index (χ4n) is 6.84. The molecule has 2 aromatic heterocycles. The van der Waals surface area contributed by atoms with Crippen LogP contribution in [0.1, 0.15) is 63.8 Å². The molecule has 2 aromatic carbocycles. The van der Waals surface area contributed by atoms with Gasteiger partial charge in [0.15, 0.2) is 5.96 Å². The van der Waals surface area contributed by atoms with Crippen molar-refractivity contribution in [2.45, 2.75) is 102 Å². The van der Waals surface area contributed by atoms with Crippen LogP contribution >= 0.6 is 0 Å². The molecule has 4 rings (SSSR count). The fourth-order valence-corrected chi connectivity index (χ4v) is 6.84. The predicted molar refractivity (Wildman–Crippen MR) is 236 cm³/mol. The highest BCUT2D eigenvalue weighted by atomic mass is 16.2. The minimum atomic E-state index is -1.26. The molecule has 0 aliphatic rings. The molecule has 4 aromatic rings. The van der Waals surface area contributed by atoms with Crippen LogP contribution in [0.3, 0.4) is 0 Å². The van der Waals surface area contributed by atoms with Crippen molar-refractivity contribution in [3.8, 4) is 0 Å². The normalized spacial score (nSPS) is 13.9. The Morgan fingerprint density at radius 2 is 1.27 bits per heavy atom. The molecule has 2 heterocycles. The third-order valence-corrected chi connectivity index (χ3v) is 10.0. The van der Waals surface area contributed by atoms with Crippen LogP contribution in [0.5, 0.6) is 0 Å². The number of nitrogens with two attached hydrogens (primary N) is 3. The van der Waals surface area contributed by atoms with Gasteiger partial charge >= 0.3 is 0 Å². The van der Waals surface area contributed by atoms with Crippen molar-refractivity contribution in [1.29, 1.82) is 0 Å². The summed E-state index contributed by atoms with van der Waals surface area (Å²) in [6, 6.07) is 9.45. The maximum Gasteiger partial charge on any atom is 0.243 e. The number of aromatic nitrogens is 3. The quantitative estimate of drug-likeness (QED) is 0.0243. The Kier molecular flexibility index (Phi) is 18.2. The van der Waals surface area contributed by atoms with Gasteiger partial charge in [0.2, 0.25) is 41.4 Å². The number of carbonyl (C=O) groups excluding carboxylic acids is 7. The summed E-state index contributed by atoms with van der Waals surface area (Å²) >= 11 is 0. The first-order valence-corrected chi connectivity index (χ1v) is 20.7. The number of benzene rings is 2. The SMILES string of the molecule is CC(=O)N[C@@H](Cc1cnc[nH]1)C(=O)N[C@@H](C)C(=O)N[C@@H](CC(C)C)C(=O)N[C@@H](CCCN=C(N)N)C(=O)N[C@@H](Cc1c[nH]c2ccccc12)C(=O)N[C@@H](Cc1ccccc1)C(N)=O. The molecule has 63 heavy (non-hydrogen) atoms. The second-order valence-electron chi connectivity index (χ2n) is 15.7. The van der Waals surface area contributed by atoms with Crippen LogP contribution < -0.4 is 49.1 Å². The van der Waals surface area contributed by atoms with Crippen LogP contribution in [-0.2, 0) is 52.8 Å². The molecule has 20 heteroatoms. The number of nitrogens with one attached hydrogen (secondary N) is 8. The smallest absolute Gasteiger partial charge is 0.243 e.